The Bertz CT molecular complexity index is 240. The van der Waals surface area contributed by atoms with Gasteiger partial charge in [0.25, 0.3) is 0 Å². The van der Waals surface area contributed by atoms with Crippen molar-refractivity contribution in [1.29, 1.82) is 0 Å². The zero-order chi connectivity index (χ0) is 16.0. The fourth-order valence-electron chi connectivity index (χ4n) is 2.58. The smallest absolute Gasteiger partial charge is 0.0701 e. The molecule has 3 aliphatic heterocycles. The highest BCUT2D eigenvalue weighted by atomic mass is 16.5. The molecule has 0 aromatic carbocycles. The Kier molecular flexibility index (Phi) is 10.8. The van der Waals surface area contributed by atoms with Gasteiger partial charge in [-0.15, -0.1) is 0 Å². The third-order valence-electron chi connectivity index (χ3n) is 4.06. The van der Waals surface area contributed by atoms with Gasteiger partial charge in [-0.05, 0) is 0 Å². The summed E-state index contributed by atoms with van der Waals surface area (Å²) in [5.74, 6) is 0. The van der Waals surface area contributed by atoms with E-state index in [1.807, 2.05) is 0 Å². The van der Waals surface area contributed by atoms with Crippen LogP contribution in [0.3, 0.4) is 0 Å². The van der Waals surface area contributed by atoms with Crippen molar-refractivity contribution in [2.75, 3.05) is 105 Å². The van der Waals surface area contributed by atoms with Gasteiger partial charge < -0.3 is 23.7 Å². The van der Waals surface area contributed by atoms with Crippen LogP contribution in [0.1, 0.15) is 0 Å². The van der Waals surface area contributed by atoms with E-state index in [1.165, 1.54) is 0 Å². The first kappa shape index (κ1) is 19.1. The number of hydrogen-bond donors (Lipinski definition) is 0. The van der Waals surface area contributed by atoms with Gasteiger partial charge in [-0.25, -0.2) is 0 Å². The maximum absolute atomic E-state index is 5.79. The topological polar surface area (TPSA) is 52.6 Å². The quantitative estimate of drug-likeness (QED) is 0.565. The molecule has 7 heteroatoms. The van der Waals surface area contributed by atoms with Crippen molar-refractivity contribution < 1.29 is 23.7 Å². The van der Waals surface area contributed by atoms with E-state index < -0.39 is 0 Å². The van der Waals surface area contributed by atoms with Gasteiger partial charge in [0.05, 0.1) is 66.1 Å². The van der Waals surface area contributed by atoms with E-state index >= 15 is 0 Å². The maximum atomic E-state index is 5.79. The second kappa shape index (κ2) is 13.1. The van der Waals surface area contributed by atoms with Gasteiger partial charge in [0.2, 0.25) is 0 Å². The fourth-order valence-corrected chi connectivity index (χ4v) is 2.58. The van der Waals surface area contributed by atoms with Crippen molar-refractivity contribution in [1.82, 2.24) is 9.80 Å². The van der Waals surface area contributed by atoms with Crippen LogP contribution in [0.2, 0.25) is 0 Å². The monoisotopic (exact) mass is 332 g/mol. The van der Waals surface area contributed by atoms with E-state index in [-0.39, 0.29) is 0 Å². The summed E-state index contributed by atoms with van der Waals surface area (Å²) in [6.07, 6.45) is 0. The first-order valence-electron chi connectivity index (χ1n) is 8.78. The Balaban J connectivity index is 1.82. The predicted molar refractivity (Wildman–Crippen MR) is 87.0 cm³/mol. The van der Waals surface area contributed by atoms with Crippen molar-refractivity contribution in [3.8, 4) is 0 Å². The van der Waals surface area contributed by atoms with E-state index in [1.54, 1.807) is 0 Å². The van der Waals surface area contributed by atoms with E-state index in [4.69, 9.17) is 23.7 Å². The second-order valence-corrected chi connectivity index (χ2v) is 5.75. The molecule has 0 aromatic rings. The second-order valence-electron chi connectivity index (χ2n) is 5.75. The van der Waals surface area contributed by atoms with Crippen molar-refractivity contribution in [3.05, 3.63) is 0 Å². The highest BCUT2D eigenvalue weighted by molar-refractivity contribution is 4.61. The minimum atomic E-state index is 0.627. The number of ether oxygens (including phenoxy) is 5. The van der Waals surface area contributed by atoms with Gasteiger partial charge in [0.15, 0.2) is 0 Å². The van der Waals surface area contributed by atoms with Crippen LogP contribution < -0.4 is 0 Å². The van der Waals surface area contributed by atoms with Gasteiger partial charge in [-0.3, -0.25) is 9.80 Å². The molecule has 0 amide bonds. The summed E-state index contributed by atoms with van der Waals surface area (Å²) in [5, 5.41) is 0. The van der Waals surface area contributed by atoms with Crippen LogP contribution in [-0.2, 0) is 23.7 Å². The van der Waals surface area contributed by atoms with Crippen molar-refractivity contribution in [3.63, 3.8) is 0 Å². The number of nitrogens with zero attached hydrogens (tertiary/aromatic N) is 2. The molecule has 3 fully saturated rings. The Labute approximate surface area is 139 Å². The van der Waals surface area contributed by atoms with E-state index in [9.17, 15) is 0 Å². The average molecular weight is 332 g/mol. The van der Waals surface area contributed by atoms with Gasteiger partial charge in [0, 0.05) is 39.3 Å². The maximum Gasteiger partial charge on any atom is 0.0701 e. The number of fused-ring (bicyclic) bond motifs is 18. The molecule has 23 heavy (non-hydrogen) atoms. The molecule has 3 rings (SSSR count). The Morgan fingerprint density at radius 2 is 0.522 bits per heavy atom. The lowest BCUT2D eigenvalue weighted by atomic mass is 10.4. The average Bonchev–Trinajstić information content (AvgIpc) is 2.55. The summed E-state index contributed by atoms with van der Waals surface area (Å²) < 4.78 is 28.3. The molecular weight excluding hydrogens is 300 g/mol. The largest absolute Gasteiger partial charge is 0.379 e. The molecule has 7 nitrogen and oxygen atoms in total. The van der Waals surface area contributed by atoms with Gasteiger partial charge >= 0.3 is 0 Å². The normalized spacial score (nSPS) is 31.3. The minimum absolute atomic E-state index is 0.627. The van der Waals surface area contributed by atoms with E-state index in [0.717, 1.165) is 65.7 Å². The summed E-state index contributed by atoms with van der Waals surface area (Å²) in [6, 6.07) is 0. The van der Waals surface area contributed by atoms with Gasteiger partial charge in [-0.1, -0.05) is 0 Å². The van der Waals surface area contributed by atoms with Crippen molar-refractivity contribution in [2.45, 2.75) is 0 Å². The van der Waals surface area contributed by atoms with Crippen LogP contribution in [0.15, 0.2) is 0 Å². The highest BCUT2D eigenvalue weighted by Gasteiger charge is 2.10. The van der Waals surface area contributed by atoms with Crippen LogP contribution in [0.4, 0.5) is 0 Å². The summed E-state index contributed by atoms with van der Waals surface area (Å²) in [6.45, 7) is 12.5. The third kappa shape index (κ3) is 9.56. The molecule has 136 valence electrons. The molecule has 0 aliphatic carbocycles. The molecule has 0 saturated carbocycles. The Hall–Kier alpha value is -0.280. The molecule has 0 atom stereocenters. The molecule has 3 saturated heterocycles. The predicted octanol–water partition coefficient (Wildman–Crippen LogP) is -0.299. The lowest BCUT2D eigenvalue weighted by molar-refractivity contribution is -0.00940. The van der Waals surface area contributed by atoms with Crippen LogP contribution in [0.5, 0.6) is 0 Å². The molecule has 0 unspecified atom stereocenters. The summed E-state index contributed by atoms with van der Waals surface area (Å²) in [4.78, 5) is 4.69. The summed E-state index contributed by atoms with van der Waals surface area (Å²) in [5.41, 5.74) is 0. The lowest BCUT2D eigenvalue weighted by Crippen LogP contribution is -2.38. The van der Waals surface area contributed by atoms with Crippen LogP contribution in [0, 0.1) is 0 Å². The Morgan fingerprint density at radius 3 is 0.826 bits per heavy atom. The zero-order valence-electron chi connectivity index (χ0n) is 14.2. The molecule has 0 radical (unpaired) electrons. The third-order valence-corrected chi connectivity index (χ3v) is 4.06. The fraction of sp³-hybridized carbons (Fsp3) is 1.00. The lowest BCUT2D eigenvalue weighted by Gasteiger charge is -2.26. The van der Waals surface area contributed by atoms with Crippen LogP contribution in [-0.4, -0.2) is 115 Å². The molecule has 0 aromatic heterocycles. The summed E-state index contributed by atoms with van der Waals surface area (Å²) in [7, 11) is 0. The van der Waals surface area contributed by atoms with Crippen molar-refractivity contribution in [2.24, 2.45) is 0 Å². The van der Waals surface area contributed by atoms with Gasteiger partial charge in [-0.2, -0.15) is 0 Å². The SMILES string of the molecule is C1COCCN2CCOCCN(CCOCCO1)CCOCC2. The highest BCUT2D eigenvalue weighted by Crippen LogP contribution is 1.96. The molecule has 3 heterocycles. The van der Waals surface area contributed by atoms with Crippen LogP contribution in [0.25, 0.3) is 0 Å². The number of rotatable bonds is 0. The zero-order valence-corrected chi connectivity index (χ0v) is 14.2. The first-order valence-corrected chi connectivity index (χ1v) is 8.78. The summed E-state index contributed by atoms with van der Waals surface area (Å²) >= 11 is 0. The van der Waals surface area contributed by atoms with E-state index in [0.29, 0.717) is 39.6 Å². The molecule has 0 N–H and O–H groups in total. The molecular formula is C16H32N2O5. The first-order chi connectivity index (χ1) is 11.4. The molecule has 3 aliphatic rings. The van der Waals surface area contributed by atoms with Crippen molar-refractivity contribution >= 4 is 0 Å². The van der Waals surface area contributed by atoms with Crippen LogP contribution >= 0.6 is 0 Å². The molecule has 0 spiro atoms. The van der Waals surface area contributed by atoms with E-state index in [2.05, 4.69) is 9.80 Å². The Morgan fingerprint density at radius 1 is 0.304 bits per heavy atom. The van der Waals surface area contributed by atoms with Gasteiger partial charge in [0.1, 0.15) is 0 Å². The number of hydrogen-bond acceptors (Lipinski definition) is 7. The molecule has 2 bridgehead atoms. The minimum Gasteiger partial charge on any atom is -0.379 e. The standard InChI is InChI=1S/C16H32N2O5/c1-7-19-9-3-18-4-10-20-8-2-17(1)5-11-21-13-15-23-16-14-22-12-6-18/h1-16H2.